The number of hydrogen-bond acceptors (Lipinski definition) is 3. The van der Waals surface area contributed by atoms with Gasteiger partial charge in [-0.15, -0.1) is 0 Å². The van der Waals surface area contributed by atoms with Gasteiger partial charge in [0, 0.05) is 31.4 Å². The number of pyridine rings is 1. The molecule has 2 aromatic heterocycles. The topological polar surface area (TPSA) is 32.6 Å². The average molecular weight is 270 g/mol. The molecule has 2 fully saturated rings. The Kier molecular flexibility index (Phi) is 3.20. The van der Waals surface area contributed by atoms with Gasteiger partial charge in [-0.3, -0.25) is 4.90 Å². The number of imidazole rings is 1. The van der Waals surface area contributed by atoms with Crippen LogP contribution < -0.4 is 5.32 Å². The van der Waals surface area contributed by atoms with Gasteiger partial charge in [0.1, 0.15) is 5.65 Å². The SMILES string of the molecule is c1ccn2c(CN(CC3CCCN3)C3CC3)cnc2c1. The van der Waals surface area contributed by atoms with Crippen LogP contribution in [0, 0.1) is 0 Å². The molecule has 0 radical (unpaired) electrons. The van der Waals surface area contributed by atoms with E-state index in [2.05, 4.69) is 37.9 Å². The largest absolute Gasteiger partial charge is 0.313 e. The van der Waals surface area contributed by atoms with Crippen molar-refractivity contribution in [3.05, 3.63) is 36.3 Å². The number of nitrogens with one attached hydrogen (secondary N) is 1. The number of fused-ring (bicyclic) bond motifs is 1. The maximum absolute atomic E-state index is 4.50. The summed E-state index contributed by atoms with van der Waals surface area (Å²) in [5, 5.41) is 3.62. The zero-order valence-electron chi connectivity index (χ0n) is 11.8. The minimum Gasteiger partial charge on any atom is -0.313 e. The Hall–Kier alpha value is -1.39. The van der Waals surface area contributed by atoms with E-state index >= 15 is 0 Å². The van der Waals surface area contributed by atoms with Gasteiger partial charge in [-0.25, -0.2) is 4.98 Å². The molecule has 106 valence electrons. The fraction of sp³-hybridized carbons (Fsp3) is 0.562. The highest BCUT2D eigenvalue weighted by Crippen LogP contribution is 2.29. The molecule has 4 nitrogen and oxygen atoms in total. The van der Waals surface area contributed by atoms with Gasteiger partial charge in [0.15, 0.2) is 0 Å². The first-order chi connectivity index (χ1) is 9.90. The van der Waals surface area contributed by atoms with Gasteiger partial charge < -0.3 is 9.72 Å². The Morgan fingerprint density at radius 3 is 3.05 bits per heavy atom. The molecule has 0 amide bonds. The summed E-state index contributed by atoms with van der Waals surface area (Å²) < 4.78 is 2.22. The van der Waals surface area contributed by atoms with Gasteiger partial charge in [-0.2, -0.15) is 0 Å². The molecule has 0 aromatic carbocycles. The van der Waals surface area contributed by atoms with Crippen molar-refractivity contribution >= 4 is 5.65 Å². The first-order valence-corrected chi connectivity index (χ1v) is 7.78. The summed E-state index contributed by atoms with van der Waals surface area (Å²) in [6.07, 6.45) is 9.55. The first-order valence-electron chi connectivity index (χ1n) is 7.78. The monoisotopic (exact) mass is 270 g/mol. The van der Waals surface area contributed by atoms with Crippen LogP contribution in [0.4, 0.5) is 0 Å². The van der Waals surface area contributed by atoms with E-state index in [1.165, 1.54) is 44.5 Å². The highest BCUT2D eigenvalue weighted by Gasteiger charge is 2.31. The number of nitrogens with zero attached hydrogens (tertiary/aromatic N) is 3. The van der Waals surface area contributed by atoms with E-state index in [4.69, 9.17) is 0 Å². The van der Waals surface area contributed by atoms with Crippen molar-refractivity contribution in [3.63, 3.8) is 0 Å². The quantitative estimate of drug-likeness (QED) is 0.902. The lowest BCUT2D eigenvalue weighted by Crippen LogP contribution is -2.38. The molecule has 1 saturated carbocycles. The molecule has 0 spiro atoms. The van der Waals surface area contributed by atoms with Crippen LogP contribution in [0.25, 0.3) is 5.65 Å². The number of hydrogen-bond donors (Lipinski definition) is 1. The molecule has 2 aromatic rings. The molecule has 2 aliphatic rings. The molecule has 1 saturated heterocycles. The number of aromatic nitrogens is 2. The lowest BCUT2D eigenvalue weighted by atomic mass is 10.2. The van der Waals surface area contributed by atoms with Crippen LogP contribution in [0.5, 0.6) is 0 Å². The van der Waals surface area contributed by atoms with Crippen LogP contribution in [0.2, 0.25) is 0 Å². The second-order valence-corrected chi connectivity index (χ2v) is 6.13. The smallest absolute Gasteiger partial charge is 0.136 e. The van der Waals surface area contributed by atoms with Gasteiger partial charge in [0.05, 0.1) is 11.9 Å². The van der Waals surface area contributed by atoms with Gasteiger partial charge in [-0.1, -0.05) is 6.07 Å². The van der Waals surface area contributed by atoms with Crippen molar-refractivity contribution in [2.75, 3.05) is 13.1 Å². The second-order valence-electron chi connectivity index (χ2n) is 6.13. The van der Waals surface area contributed by atoms with Gasteiger partial charge in [0.25, 0.3) is 0 Å². The van der Waals surface area contributed by atoms with Crippen molar-refractivity contribution in [2.45, 2.75) is 44.3 Å². The van der Waals surface area contributed by atoms with Crippen LogP contribution in [0.3, 0.4) is 0 Å². The fourth-order valence-electron chi connectivity index (χ4n) is 3.29. The zero-order chi connectivity index (χ0) is 13.4. The van der Waals surface area contributed by atoms with Crippen molar-refractivity contribution < 1.29 is 0 Å². The van der Waals surface area contributed by atoms with E-state index in [1.807, 2.05) is 12.3 Å². The molecule has 0 bridgehead atoms. The Balaban J connectivity index is 1.52. The van der Waals surface area contributed by atoms with Gasteiger partial charge >= 0.3 is 0 Å². The van der Waals surface area contributed by atoms with E-state index in [9.17, 15) is 0 Å². The summed E-state index contributed by atoms with van der Waals surface area (Å²) in [6, 6.07) is 7.69. The Morgan fingerprint density at radius 1 is 1.30 bits per heavy atom. The van der Waals surface area contributed by atoms with Gasteiger partial charge in [-0.05, 0) is 44.4 Å². The molecular formula is C16H22N4. The first kappa shape index (κ1) is 12.4. The molecule has 4 heteroatoms. The third-order valence-corrected chi connectivity index (χ3v) is 4.54. The summed E-state index contributed by atoms with van der Waals surface area (Å²) >= 11 is 0. The van der Waals surface area contributed by atoms with E-state index in [0.29, 0.717) is 6.04 Å². The minimum absolute atomic E-state index is 0.690. The van der Waals surface area contributed by atoms with E-state index in [0.717, 1.165) is 18.2 Å². The van der Waals surface area contributed by atoms with Crippen LogP contribution in [0.15, 0.2) is 30.6 Å². The molecule has 1 aliphatic heterocycles. The molecule has 20 heavy (non-hydrogen) atoms. The van der Waals surface area contributed by atoms with E-state index < -0.39 is 0 Å². The Morgan fingerprint density at radius 2 is 2.25 bits per heavy atom. The summed E-state index contributed by atoms with van der Waals surface area (Å²) in [5.74, 6) is 0. The third-order valence-electron chi connectivity index (χ3n) is 4.54. The fourth-order valence-corrected chi connectivity index (χ4v) is 3.29. The summed E-state index contributed by atoms with van der Waals surface area (Å²) in [4.78, 5) is 7.16. The van der Waals surface area contributed by atoms with E-state index in [1.54, 1.807) is 0 Å². The third kappa shape index (κ3) is 2.45. The maximum Gasteiger partial charge on any atom is 0.136 e. The maximum atomic E-state index is 4.50. The molecule has 4 rings (SSSR count). The second kappa shape index (κ2) is 5.19. The Labute approximate surface area is 119 Å². The van der Waals surface area contributed by atoms with E-state index in [-0.39, 0.29) is 0 Å². The standard InChI is InChI=1S/C16H22N4/c1-2-9-20-15(10-18-16(20)5-1)12-19(14-6-7-14)11-13-4-3-8-17-13/h1-2,5,9-10,13-14,17H,3-4,6-8,11-12H2. The predicted molar refractivity (Wildman–Crippen MR) is 79.6 cm³/mol. The van der Waals surface area contributed by atoms with Crippen LogP contribution in [0.1, 0.15) is 31.4 Å². The molecule has 1 N–H and O–H groups in total. The van der Waals surface area contributed by atoms with Crippen LogP contribution >= 0.6 is 0 Å². The molecule has 1 atom stereocenters. The highest BCUT2D eigenvalue weighted by molar-refractivity contribution is 5.39. The molecule has 1 unspecified atom stereocenters. The van der Waals surface area contributed by atoms with Crippen molar-refractivity contribution in [1.29, 1.82) is 0 Å². The molecule has 3 heterocycles. The summed E-state index contributed by atoms with van der Waals surface area (Å²) in [5.41, 5.74) is 2.36. The highest BCUT2D eigenvalue weighted by atomic mass is 15.2. The van der Waals surface area contributed by atoms with Crippen LogP contribution in [-0.4, -0.2) is 39.5 Å². The molecular weight excluding hydrogens is 248 g/mol. The number of rotatable bonds is 5. The summed E-state index contributed by atoms with van der Waals surface area (Å²) in [6.45, 7) is 3.40. The zero-order valence-corrected chi connectivity index (χ0v) is 11.8. The lowest BCUT2D eigenvalue weighted by Gasteiger charge is -2.25. The van der Waals surface area contributed by atoms with Crippen molar-refractivity contribution in [3.8, 4) is 0 Å². The van der Waals surface area contributed by atoms with Gasteiger partial charge in [0.2, 0.25) is 0 Å². The molecule has 1 aliphatic carbocycles. The lowest BCUT2D eigenvalue weighted by molar-refractivity contribution is 0.228. The normalized spacial score (nSPS) is 22.9. The average Bonchev–Trinajstić information content (AvgIpc) is 3.05. The minimum atomic E-state index is 0.690. The summed E-state index contributed by atoms with van der Waals surface area (Å²) in [7, 11) is 0. The Bertz CT molecular complexity index is 581. The van der Waals surface area contributed by atoms with Crippen molar-refractivity contribution in [2.24, 2.45) is 0 Å². The van der Waals surface area contributed by atoms with Crippen molar-refractivity contribution in [1.82, 2.24) is 19.6 Å². The van der Waals surface area contributed by atoms with Crippen LogP contribution in [-0.2, 0) is 6.54 Å². The predicted octanol–water partition coefficient (Wildman–Crippen LogP) is 2.05.